The number of aliphatic hydroxyl groups is 1. The number of rotatable bonds is 8. The molecule has 1 saturated heterocycles. The molecule has 1 aliphatic heterocycles. The molecule has 0 bridgehead atoms. The summed E-state index contributed by atoms with van der Waals surface area (Å²) in [7, 11) is 0. The van der Waals surface area contributed by atoms with Crippen molar-refractivity contribution in [1.29, 1.82) is 0 Å². The summed E-state index contributed by atoms with van der Waals surface area (Å²) in [5, 5.41) is 13.0. The number of β-amino-alcohol motifs (C(OH)–C–C–N with tert-alkyl or cyclic N) is 1. The predicted molar refractivity (Wildman–Crippen MR) is 104 cm³/mol. The summed E-state index contributed by atoms with van der Waals surface area (Å²) >= 11 is 0. The van der Waals surface area contributed by atoms with Crippen LogP contribution in [0, 0.1) is 0 Å². The van der Waals surface area contributed by atoms with E-state index in [0.29, 0.717) is 25.6 Å². The van der Waals surface area contributed by atoms with Crippen molar-refractivity contribution in [3.8, 4) is 5.75 Å². The van der Waals surface area contributed by atoms with Crippen molar-refractivity contribution in [3.05, 3.63) is 42.1 Å². The second kappa shape index (κ2) is 9.38. The molecule has 0 spiro atoms. The van der Waals surface area contributed by atoms with Gasteiger partial charge in [0.05, 0.1) is 12.6 Å². The normalized spacial score (nSPS) is 17.2. The highest BCUT2D eigenvalue weighted by atomic mass is 16.5. The molecule has 0 aliphatic carbocycles. The lowest BCUT2D eigenvalue weighted by Crippen LogP contribution is -2.38. The number of aromatic nitrogens is 2. The summed E-state index contributed by atoms with van der Waals surface area (Å²) in [5.41, 5.74) is 1.34. The molecule has 140 valence electrons. The van der Waals surface area contributed by atoms with Crippen LogP contribution in [0.4, 0.5) is 11.8 Å². The van der Waals surface area contributed by atoms with Crippen LogP contribution in [0.5, 0.6) is 5.75 Å². The molecule has 2 aromatic rings. The van der Waals surface area contributed by atoms with E-state index in [1.165, 1.54) is 5.56 Å². The van der Waals surface area contributed by atoms with Crippen molar-refractivity contribution < 1.29 is 9.84 Å². The minimum atomic E-state index is -0.271. The van der Waals surface area contributed by atoms with Gasteiger partial charge >= 0.3 is 0 Å². The number of aryl methyl sites for hydroxylation is 1. The zero-order chi connectivity index (χ0) is 18.2. The highest BCUT2D eigenvalue weighted by molar-refractivity contribution is 5.43. The van der Waals surface area contributed by atoms with Gasteiger partial charge in [-0.15, -0.1) is 0 Å². The van der Waals surface area contributed by atoms with Crippen LogP contribution in [-0.2, 0) is 6.42 Å². The average molecular weight is 356 g/mol. The first-order chi connectivity index (χ1) is 12.7. The molecule has 1 aromatic heterocycles. The van der Waals surface area contributed by atoms with Crippen molar-refractivity contribution in [2.75, 3.05) is 36.5 Å². The first-order valence-corrected chi connectivity index (χ1v) is 9.46. The minimum absolute atomic E-state index is 0.271. The van der Waals surface area contributed by atoms with Crippen LogP contribution in [0.1, 0.15) is 31.7 Å². The van der Waals surface area contributed by atoms with E-state index in [0.717, 1.165) is 43.8 Å². The third-order valence-electron chi connectivity index (χ3n) is 4.48. The smallest absolute Gasteiger partial charge is 0.224 e. The lowest BCUT2D eigenvalue weighted by atomic mass is 10.1. The number of nitrogens with zero attached hydrogens (tertiary/aromatic N) is 3. The van der Waals surface area contributed by atoms with Crippen LogP contribution in [0.15, 0.2) is 36.5 Å². The van der Waals surface area contributed by atoms with Gasteiger partial charge in [-0.1, -0.05) is 25.5 Å². The van der Waals surface area contributed by atoms with Gasteiger partial charge in [0.1, 0.15) is 18.2 Å². The fourth-order valence-electron chi connectivity index (χ4n) is 3.15. The number of hydrogen-bond acceptors (Lipinski definition) is 6. The average Bonchev–Trinajstić information content (AvgIpc) is 2.67. The van der Waals surface area contributed by atoms with Crippen LogP contribution < -0.4 is 15.0 Å². The Labute approximate surface area is 155 Å². The molecule has 1 unspecified atom stereocenters. The Morgan fingerprint density at radius 1 is 1.27 bits per heavy atom. The van der Waals surface area contributed by atoms with E-state index in [1.807, 2.05) is 18.2 Å². The van der Waals surface area contributed by atoms with Crippen molar-refractivity contribution >= 4 is 11.8 Å². The van der Waals surface area contributed by atoms with Gasteiger partial charge in [0.25, 0.3) is 0 Å². The van der Waals surface area contributed by atoms with Crippen molar-refractivity contribution in [3.63, 3.8) is 0 Å². The fourth-order valence-corrected chi connectivity index (χ4v) is 3.15. The van der Waals surface area contributed by atoms with Crippen LogP contribution >= 0.6 is 0 Å². The summed E-state index contributed by atoms with van der Waals surface area (Å²) in [6.07, 6.45) is 5.58. The monoisotopic (exact) mass is 356 g/mol. The second-order valence-electron chi connectivity index (χ2n) is 6.65. The van der Waals surface area contributed by atoms with Crippen LogP contribution in [0.2, 0.25) is 0 Å². The Kier molecular flexibility index (Phi) is 6.66. The summed E-state index contributed by atoms with van der Waals surface area (Å²) < 4.78 is 5.76. The molecule has 26 heavy (non-hydrogen) atoms. The van der Waals surface area contributed by atoms with E-state index in [1.54, 1.807) is 6.20 Å². The molecule has 0 radical (unpaired) electrons. The van der Waals surface area contributed by atoms with Gasteiger partial charge in [-0.05, 0) is 43.0 Å². The van der Waals surface area contributed by atoms with Crippen molar-refractivity contribution in [2.45, 2.75) is 38.7 Å². The van der Waals surface area contributed by atoms with E-state index in [9.17, 15) is 5.11 Å². The summed E-state index contributed by atoms with van der Waals surface area (Å²) in [4.78, 5) is 10.9. The van der Waals surface area contributed by atoms with Gasteiger partial charge in [-0.25, -0.2) is 4.98 Å². The molecule has 1 aromatic carbocycles. The van der Waals surface area contributed by atoms with E-state index < -0.39 is 0 Å². The second-order valence-corrected chi connectivity index (χ2v) is 6.65. The third-order valence-corrected chi connectivity index (χ3v) is 4.48. The standard InChI is InChI=1S/C20H28N4O2/c1-2-4-16-6-8-18(9-7-16)26-14-12-22-20-21-11-10-19(23-20)24-13-3-5-17(25)15-24/h6-11,17,25H,2-5,12-15H2,1H3,(H,21,22,23). The maximum absolute atomic E-state index is 9.82. The number of nitrogens with one attached hydrogen (secondary N) is 1. The molecule has 6 nitrogen and oxygen atoms in total. The molecule has 0 saturated carbocycles. The number of anilines is 2. The maximum Gasteiger partial charge on any atom is 0.224 e. The Hall–Kier alpha value is -2.34. The lowest BCUT2D eigenvalue weighted by molar-refractivity contribution is 0.154. The summed E-state index contributed by atoms with van der Waals surface area (Å²) in [6, 6.07) is 10.2. The van der Waals surface area contributed by atoms with Crippen LogP contribution in [-0.4, -0.2) is 47.4 Å². The van der Waals surface area contributed by atoms with E-state index in [-0.39, 0.29) is 6.10 Å². The largest absolute Gasteiger partial charge is 0.492 e. The quantitative estimate of drug-likeness (QED) is 0.709. The molecule has 2 N–H and O–H groups in total. The van der Waals surface area contributed by atoms with E-state index in [2.05, 4.69) is 39.2 Å². The number of aliphatic hydroxyl groups excluding tert-OH is 1. The first-order valence-electron chi connectivity index (χ1n) is 9.46. The number of hydrogen-bond donors (Lipinski definition) is 2. The Bertz CT molecular complexity index is 678. The molecule has 1 fully saturated rings. The predicted octanol–water partition coefficient (Wildman–Crippen LogP) is 2.88. The summed E-state index contributed by atoms with van der Waals surface area (Å²) in [6.45, 7) is 4.91. The maximum atomic E-state index is 9.82. The Morgan fingerprint density at radius 3 is 2.88 bits per heavy atom. The Balaban J connectivity index is 1.45. The fraction of sp³-hybridized carbons (Fsp3) is 0.500. The molecular weight excluding hydrogens is 328 g/mol. The molecule has 6 heteroatoms. The molecule has 3 rings (SSSR count). The van der Waals surface area contributed by atoms with Gasteiger partial charge in [0.2, 0.25) is 5.95 Å². The number of benzene rings is 1. The first kappa shape index (κ1) is 18.5. The highest BCUT2D eigenvalue weighted by Gasteiger charge is 2.19. The van der Waals surface area contributed by atoms with Gasteiger partial charge in [-0.2, -0.15) is 4.98 Å². The minimum Gasteiger partial charge on any atom is -0.492 e. The van der Waals surface area contributed by atoms with Gasteiger partial charge in [0.15, 0.2) is 0 Å². The molecule has 1 atom stereocenters. The van der Waals surface area contributed by atoms with Gasteiger partial charge in [0, 0.05) is 19.3 Å². The highest BCUT2D eigenvalue weighted by Crippen LogP contribution is 2.18. The van der Waals surface area contributed by atoms with Crippen LogP contribution in [0.25, 0.3) is 0 Å². The van der Waals surface area contributed by atoms with Crippen molar-refractivity contribution in [1.82, 2.24) is 9.97 Å². The third kappa shape index (κ3) is 5.33. The zero-order valence-electron chi connectivity index (χ0n) is 15.4. The molecular formula is C20H28N4O2. The zero-order valence-corrected chi connectivity index (χ0v) is 15.4. The van der Waals surface area contributed by atoms with E-state index in [4.69, 9.17) is 4.74 Å². The Morgan fingerprint density at radius 2 is 2.12 bits per heavy atom. The summed E-state index contributed by atoms with van der Waals surface area (Å²) in [5.74, 6) is 2.32. The molecule has 0 amide bonds. The van der Waals surface area contributed by atoms with E-state index >= 15 is 0 Å². The topological polar surface area (TPSA) is 70.5 Å². The van der Waals surface area contributed by atoms with Gasteiger partial charge < -0.3 is 20.1 Å². The molecule has 1 aliphatic rings. The number of ether oxygens (including phenoxy) is 1. The van der Waals surface area contributed by atoms with Gasteiger partial charge in [-0.3, -0.25) is 0 Å². The lowest BCUT2D eigenvalue weighted by Gasteiger charge is -2.31. The van der Waals surface area contributed by atoms with Crippen LogP contribution in [0.3, 0.4) is 0 Å². The van der Waals surface area contributed by atoms with Crippen molar-refractivity contribution in [2.24, 2.45) is 0 Å². The SMILES string of the molecule is CCCc1ccc(OCCNc2nccc(N3CCCC(O)C3)n2)cc1. The molecule has 2 heterocycles. The number of piperidine rings is 1.